The number of rotatable bonds is 5. The van der Waals surface area contributed by atoms with Crippen LogP contribution in [-0.4, -0.2) is 34.1 Å². The third-order valence-electron chi connectivity index (χ3n) is 4.03. The van der Waals surface area contributed by atoms with Crippen LogP contribution >= 0.6 is 0 Å². The number of aromatic amines is 1. The largest absolute Gasteiger partial charge is 0.345 e. The molecule has 0 saturated heterocycles. The summed E-state index contributed by atoms with van der Waals surface area (Å²) in [6.45, 7) is 0. The summed E-state index contributed by atoms with van der Waals surface area (Å²) in [5.41, 5.74) is -0.00380. The van der Waals surface area contributed by atoms with Gasteiger partial charge in [-0.1, -0.05) is 6.07 Å². The molecule has 10 heteroatoms. The van der Waals surface area contributed by atoms with Crippen molar-refractivity contribution < 1.29 is 17.6 Å². The highest BCUT2D eigenvalue weighted by molar-refractivity contribution is 7.92. The number of pyridine rings is 1. The summed E-state index contributed by atoms with van der Waals surface area (Å²) in [5.74, 6) is -1.60. The van der Waals surface area contributed by atoms with Crippen LogP contribution in [0.2, 0.25) is 0 Å². The van der Waals surface area contributed by atoms with Crippen LogP contribution in [0.15, 0.2) is 66.3 Å². The number of ketones is 1. The Bertz CT molecular complexity index is 1290. The van der Waals surface area contributed by atoms with Crippen molar-refractivity contribution in [2.45, 2.75) is 4.90 Å². The molecule has 0 aliphatic carbocycles. The molecule has 4 aromatic rings. The molecule has 2 N–H and O–H groups in total. The summed E-state index contributed by atoms with van der Waals surface area (Å²) in [6, 6.07) is 6.68. The summed E-state index contributed by atoms with van der Waals surface area (Å²) in [5, 5.41) is 0.438. The number of aromatic nitrogens is 4. The molecule has 4 rings (SSSR count). The molecule has 1 aromatic carbocycles. The summed E-state index contributed by atoms with van der Waals surface area (Å²) in [4.78, 5) is 27.1. The Morgan fingerprint density at radius 1 is 1.07 bits per heavy atom. The average Bonchev–Trinajstić information content (AvgIpc) is 3.14. The standard InChI is InChI=1S/C18H12FN5O3S/c19-16-12(17(25)13-9-22-18-14(13)8-21-10-23-18)4-1-5-15(16)24-28(26,27)11-3-2-6-20-7-11/h1-10,24H,(H,21,22,23). The molecule has 0 fully saturated rings. The second-order valence-electron chi connectivity index (χ2n) is 5.78. The van der Waals surface area contributed by atoms with Crippen LogP contribution in [0.5, 0.6) is 0 Å². The van der Waals surface area contributed by atoms with Crippen molar-refractivity contribution in [2.75, 3.05) is 4.72 Å². The number of nitrogens with one attached hydrogen (secondary N) is 2. The van der Waals surface area contributed by atoms with E-state index >= 15 is 0 Å². The minimum Gasteiger partial charge on any atom is -0.345 e. The van der Waals surface area contributed by atoms with E-state index in [0.717, 1.165) is 6.20 Å². The summed E-state index contributed by atoms with van der Waals surface area (Å²) in [6.07, 6.45) is 6.74. The Morgan fingerprint density at radius 3 is 2.71 bits per heavy atom. The van der Waals surface area contributed by atoms with Gasteiger partial charge in [-0.25, -0.2) is 22.8 Å². The average molecular weight is 397 g/mol. The highest BCUT2D eigenvalue weighted by atomic mass is 32.2. The molecule has 3 aromatic heterocycles. The Balaban J connectivity index is 1.72. The maximum atomic E-state index is 15.0. The predicted molar refractivity (Wildman–Crippen MR) is 98.8 cm³/mol. The zero-order valence-electron chi connectivity index (χ0n) is 14.1. The van der Waals surface area contributed by atoms with Crippen LogP contribution in [0.4, 0.5) is 10.1 Å². The van der Waals surface area contributed by atoms with Crippen molar-refractivity contribution in [3.05, 3.63) is 78.4 Å². The van der Waals surface area contributed by atoms with E-state index in [9.17, 15) is 17.6 Å². The quantitative estimate of drug-likeness (QED) is 0.500. The van der Waals surface area contributed by atoms with Crippen LogP contribution in [0.1, 0.15) is 15.9 Å². The second-order valence-corrected chi connectivity index (χ2v) is 7.46. The van der Waals surface area contributed by atoms with Crippen LogP contribution in [-0.2, 0) is 10.0 Å². The van der Waals surface area contributed by atoms with Gasteiger partial charge in [-0.15, -0.1) is 0 Å². The molecule has 8 nitrogen and oxygen atoms in total. The zero-order valence-corrected chi connectivity index (χ0v) is 14.9. The van der Waals surface area contributed by atoms with Crippen molar-refractivity contribution in [1.82, 2.24) is 19.9 Å². The summed E-state index contributed by atoms with van der Waals surface area (Å²) >= 11 is 0. The SMILES string of the molecule is O=C(c1cccc(NS(=O)(=O)c2cccnc2)c1F)c1c[nH]c2ncncc12. The molecule has 0 unspecified atom stereocenters. The Kier molecular flexibility index (Phi) is 4.32. The first-order chi connectivity index (χ1) is 13.5. The van der Waals surface area contributed by atoms with Gasteiger partial charge in [0.1, 0.15) is 16.9 Å². The lowest BCUT2D eigenvalue weighted by atomic mass is 10.0. The fourth-order valence-electron chi connectivity index (χ4n) is 2.69. The van der Waals surface area contributed by atoms with Gasteiger partial charge in [0.25, 0.3) is 10.0 Å². The van der Waals surface area contributed by atoms with E-state index < -0.39 is 21.6 Å². The molecule has 0 saturated carbocycles. The minimum absolute atomic E-state index is 0.125. The van der Waals surface area contributed by atoms with E-state index in [2.05, 4.69) is 24.7 Å². The van der Waals surface area contributed by atoms with Gasteiger partial charge < -0.3 is 4.98 Å². The lowest BCUT2D eigenvalue weighted by Crippen LogP contribution is -2.15. The number of hydrogen-bond donors (Lipinski definition) is 2. The molecular weight excluding hydrogens is 385 g/mol. The maximum Gasteiger partial charge on any atom is 0.263 e. The van der Waals surface area contributed by atoms with Gasteiger partial charge in [0.15, 0.2) is 11.6 Å². The Hall–Kier alpha value is -3.66. The lowest BCUT2D eigenvalue weighted by molar-refractivity contribution is 0.103. The fraction of sp³-hybridized carbons (Fsp3) is 0. The van der Waals surface area contributed by atoms with Crippen molar-refractivity contribution >= 4 is 32.5 Å². The molecule has 0 atom stereocenters. The highest BCUT2D eigenvalue weighted by Gasteiger charge is 2.22. The molecule has 0 amide bonds. The van der Waals surface area contributed by atoms with E-state index in [1.54, 1.807) is 0 Å². The van der Waals surface area contributed by atoms with Crippen LogP contribution < -0.4 is 4.72 Å². The number of H-pyrrole nitrogens is 1. The first-order valence-corrected chi connectivity index (χ1v) is 9.49. The van der Waals surface area contributed by atoms with Gasteiger partial charge in [-0.05, 0) is 24.3 Å². The van der Waals surface area contributed by atoms with Gasteiger partial charge in [-0.3, -0.25) is 14.5 Å². The number of fused-ring (bicyclic) bond motifs is 1. The Morgan fingerprint density at radius 2 is 1.93 bits per heavy atom. The minimum atomic E-state index is -4.06. The van der Waals surface area contributed by atoms with Crippen LogP contribution in [0, 0.1) is 5.82 Å². The molecule has 0 aliphatic rings. The third kappa shape index (κ3) is 3.09. The number of nitrogens with zero attached hydrogens (tertiary/aromatic N) is 3. The van der Waals surface area contributed by atoms with Crippen LogP contribution in [0.25, 0.3) is 11.0 Å². The number of carbonyl (C=O) groups excluding carboxylic acids is 1. The predicted octanol–water partition coefficient (Wildman–Crippen LogP) is 2.52. The first-order valence-electron chi connectivity index (χ1n) is 8.00. The van der Waals surface area contributed by atoms with Gasteiger partial charge in [0.2, 0.25) is 0 Å². The first kappa shape index (κ1) is 17.7. The number of sulfonamides is 1. The molecule has 0 radical (unpaired) electrons. The molecule has 0 bridgehead atoms. The second kappa shape index (κ2) is 6.82. The molecule has 3 heterocycles. The van der Waals surface area contributed by atoms with E-state index in [4.69, 9.17) is 0 Å². The van der Waals surface area contributed by atoms with E-state index in [1.165, 1.54) is 55.2 Å². The lowest BCUT2D eigenvalue weighted by Gasteiger charge is -2.10. The number of anilines is 1. The molecule has 140 valence electrons. The Labute approximate surface area is 158 Å². The van der Waals surface area contributed by atoms with Gasteiger partial charge in [0.05, 0.1) is 16.8 Å². The van der Waals surface area contributed by atoms with Gasteiger partial charge >= 0.3 is 0 Å². The van der Waals surface area contributed by atoms with E-state index in [-0.39, 0.29) is 21.7 Å². The maximum absolute atomic E-state index is 15.0. The normalized spacial score (nSPS) is 11.5. The number of halogens is 1. The highest BCUT2D eigenvalue weighted by Crippen LogP contribution is 2.25. The zero-order chi connectivity index (χ0) is 19.7. The number of benzene rings is 1. The number of hydrogen-bond acceptors (Lipinski definition) is 6. The van der Waals surface area contributed by atoms with E-state index in [0.29, 0.717) is 11.0 Å². The summed E-state index contributed by atoms with van der Waals surface area (Å²) < 4.78 is 41.9. The smallest absolute Gasteiger partial charge is 0.263 e. The molecule has 28 heavy (non-hydrogen) atoms. The monoisotopic (exact) mass is 397 g/mol. The molecule has 0 spiro atoms. The number of carbonyl (C=O) groups is 1. The van der Waals surface area contributed by atoms with Crippen molar-refractivity contribution in [1.29, 1.82) is 0 Å². The summed E-state index contributed by atoms with van der Waals surface area (Å²) in [7, 11) is -4.06. The van der Waals surface area contributed by atoms with Gasteiger partial charge in [-0.2, -0.15) is 0 Å². The van der Waals surface area contributed by atoms with Crippen LogP contribution in [0.3, 0.4) is 0 Å². The fourth-order valence-corrected chi connectivity index (χ4v) is 3.71. The van der Waals surface area contributed by atoms with Crippen molar-refractivity contribution in [3.8, 4) is 0 Å². The van der Waals surface area contributed by atoms with Gasteiger partial charge in [0, 0.05) is 30.2 Å². The third-order valence-corrected chi connectivity index (χ3v) is 5.38. The molecular formula is C18H12FN5O3S. The topological polar surface area (TPSA) is 118 Å². The van der Waals surface area contributed by atoms with E-state index in [1.807, 2.05) is 0 Å². The van der Waals surface area contributed by atoms with Crippen molar-refractivity contribution in [2.24, 2.45) is 0 Å². The molecule has 0 aliphatic heterocycles. The van der Waals surface area contributed by atoms with Crippen molar-refractivity contribution in [3.63, 3.8) is 0 Å².